The van der Waals surface area contributed by atoms with Crippen molar-refractivity contribution in [3.8, 4) is 5.75 Å². The van der Waals surface area contributed by atoms with Crippen molar-refractivity contribution >= 4 is 23.3 Å². The molecule has 0 radical (unpaired) electrons. The van der Waals surface area contributed by atoms with Crippen molar-refractivity contribution < 1.29 is 29.3 Å². The molecule has 216 valence electrons. The molecule has 0 saturated heterocycles. The maximum absolute atomic E-state index is 12.4. The van der Waals surface area contributed by atoms with E-state index in [2.05, 4.69) is 12.2 Å². The highest BCUT2D eigenvalue weighted by Gasteiger charge is 2.39. The van der Waals surface area contributed by atoms with Gasteiger partial charge in [0, 0.05) is 35.9 Å². The Morgan fingerprint density at radius 2 is 1.73 bits per heavy atom. The second kappa shape index (κ2) is 16.7. The molecule has 40 heavy (non-hydrogen) atoms. The van der Waals surface area contributed by atoms with Crippen LogP contribution in [0.4, 0.5) is 5.69 Å². The molecule has 1 amide bonds. The van der Waals surface area contributed by atoms with E-state index in [1.165, 1.54) is 0 Å². The lowest BCUT2D eigenvalue weighted by Crippen LogP contribution is -2.19. The first-order valence-corrected chi connectivity index (χ1v) is 14.6. The Kier molecular flexibility index (Phi) is 13.1. The molecule has 3 rings (SSSR count). The lowest BCUT2D eigenvalue weighted by molar-refractivity contribution is -0.134. The number of anilines is 1. The van der Waals surface area contributed by atoms with Crippen molar-refractivity contribution in [2.45, 2.75) is 89.8 Å². The van der Waals surface area contributed by atoms with E-state index in [9.17, 15) is 24.6 Å². The molecule has 2 aromatic carbocycles. The molecule has 0 spiro atoms. The number of carbonyl (C=O) groups excluding carboxylic acids is 3. The van der Waals surface area contributed by atoms with E-state index in [-0.39, 0.29) is 35.9 Å². The molecule has 7 nitrogen and oxygen atoms in total. The smallest absolute Gasteiger partial charge is 0.311 e. The van der Waals surface area contributed by atoms with Gasteiger partial charge < -0.3 is 20.3 Å². The summed E-state index contributed by atoms with van der Waals surface area (Å²) < 4.78 is 5.41. The normalized spacial score (nSPS) is 19.6. The van der Waals surface area contributed by atoms with E-state index >= 15 is 0 Å². The highest BCUT2D eigenvalue weighted by molar-refractivity contribution is 6.04. The number of unbranched alkanes of at least 4 members (excludes halogenated alkanes) is 5. The van der Waals surface area contributed by atoms with Gasteiger partial charge in [-0.25, -0.2) is 0 Å². The predicted octanol–water partition coefficient (Wildman–Crippen LogP) is 6.25. The molecule has 3 N–H and O–H groups in total. The molecule has 0 bridgehead atoms. The first-order valence-electron chi connectivity index (χ1n) is 14.6. The summed E-state index contributed by atoms with van der Waals surface area (Å²) in [4.78, 5) is 36.9. The molecule has 0 aromatic heterocycles. The van der Waals surface area contributed by atoms with Gasteiger partial charge in [0.15, 0.2) is 0 Å². The summed E-state index contributed by atoms with van der Waals surface area (Å²) in [5.74, 6) is -0.437. The lowest BCUT2D eigenvalue weighted by atomic mass is 9.88. The number of ether oxygens (including phenoxy) is 1. The Bertz CT molecular complexity index is 1100. The fraction of sp³-hybridized carbons (Fsp3) is 0.485. The number of rotatable bonds is 16. The number of nitrogens with one attached hydrogen (secondary N) is 1. The van der Waals surface area contributed by atoms with Gasteiger partial charge in [-0.2, -0.15) is 0 Å². The van der Waals surface area contributed by atoms with Gasteiger partial charge in [-0.1, -0.05) is 75.8 Å². The van der Waals surface area contributed by atoms with Gasteiger partial charge in [0.05, 0.1) is 12.2 Å². The molecule has 0 aliphatic heterocycles. The van der Waals surface area contributed by atoms with Crippen molar-refractivity contribution in [2.75, 3.05) is 5.32 Å². The van der Waals surface area contributed by atoms with Crippen LogP contribution in [0, 0.1) is 11.8 Å². The topological polar surface area (TPSA) is 113 Å². The van der Waals surface area contributed by atoms with Crippen LogP contribution < -0.4 is 10.1 Å². The van der Waals surface area contributed by atoms with Crippen molar-refractivity contribution in [3.05, 3.63) is 72.3 Å². The molecular weight excluding hydrogens is 506 g/mol. The number of hydrogen-bond donors (Lipinski definition) is 3. The number of aliphatic hydroxyl groups is 2. The van der Waals surface area contributed by atoms with Crippen molar-refractivity contribution in [1.29, 1.82) is 0 Å². The minimum absolute atomic E-state index is 0.0943. The van der Waals surface area contributed by atoms with E-state index in [0.29, 0.717) is 42.7 Å². The van der Waals surface area contributed by atoms with Gasteiger partial charge in [0.25, 0.3) is 5.91 Å². The van der Waals surface area contributed by atoms with Crippen LogP contribution in [-0.4, -0.2) is 40.1 Å². The lowest BCUT2D eigenvalue weighted by Gasteiger charge is -2.18. The van der Waals surface area contributed by atoms with E-state index in [1.807, 2.05) is 12.1 Å². The second-order valence-electron chi connectivity index (χ2n) is 10.6. The van der Waals surface area contributed by atoms with Crippen LogP contribution in [-0.2, 0) is 9.59 Å². The van der Waals surface area contributed by atoms with Crippen LogP contribution in [0.3, 0.4) is 0 Å². The molecule has 0 heterocycles. The molecule has 1 aliphatic carbocycles. The second-order valence-corrected chi connectivity index (χ2v) is 10.6. The first kappa shape index (κ1) is 31.2. The van der Waals surface area contributed by atoms with Crippen LogP contribution in [0.1, 0.15) is 87.9 Å². The molecule has 1 fully saturated rings. The first-order chi connectivity index (χ1) is 19.4. The van der Waals surface area contributed by atoms with Crippen molar-refractivity contribution in [3.63, 3.8) is 0 Å². The van der Waals surface area contributed by atoms with Gasteiger partial charge in [-0.3, -0.25) is 14.4 Å². The number of carbonyl (C=O) groups is 3. The quantitative estimate of drug-likeness (QED) is 0.0988. The van der Waals surface area contributed by atoms with Gasteiger partial charge in [-0.15, -0.1) is 0 Å². The number of ketones is 1. The number of amides is 1. The van der Waals surface area contributed by atoms with Gasteiger partial charge in [0.2, 0.25) is 0 Å². The number of hydrogen-bond acceptors (Lipinski definition) is 6. The third-order valence-corrected chi connectivity index (χ3v) is 7.42. The Hall–Kier alpha value is -3.29. The SMILES string of the molecule is CCCCC[C@H](O)/C=C/[C@H]1[C@H](O)CC(=O)[C@@H]1CCCCCCC(=O)Oc1ccc(NC(=O)c2ccccc2)cc1. The predicted molar refractivity (Wildman–Crippen MR) is 156 cm³/mol. The Morgan fingerprint density at radius 1 is 1.00 bits per heavy atom. The van der Waals surface area contributed by atoms with E-state index in [0.717, 1.165) is 38.5 Å². The average molecular weight is 550 g/mol. The molecule has 2 aromatic rings. The van der Waals surface area contributed by atoms with E-state index < -0.39 is 12.2 Å². The van der Waals surface area contributed by atoms with Crippen LogP contribution in [0.5, 0.6) is 5.75 Å². The summed E-state index contributed by atoms with van der Waals surface area (Å²) in [6.45, 7) is 2.12. The maximum atomic E-state index is 12.4. The largest absolute Gasteiger partial charge is 0.427 e. The number of benzene rings is 2. The zero-order valence-electron chi connectivity index (χ0n) is 23.5. The highest BCUT2D eigenvalue weighted by Crippen LogP contribution is 2.34. The summed E-state index contributed by atoms with van der Waals surface area (Å²) in [7, 11) is 0. The minimum atomic E-state index is -0.680. The zero-order valence-corrected chi connectivity index (χ0v) is 23.5. The van der Waals surface area contributed by atoms with Gasteiger partial charge in [0.1, 0.15) is 11.5 Å². The molecule has 1 aliphatic rings. The molecule has 7 heteroatoms. The van der Waals surface area contributed by atoms with Crippen LogP contribution in [0.25, 0.3) is 0 Å². The fourth-order valence-electron chi connectivity index (χ4n) is 5.12. The Balaban J connectivity index is 1.32. The third kappa shape index (κ3) is 10.4. The summed E-state index contributed by atoms with van der Waals surface area (Å²) in [6, 6.07) is 15.6. The number of esters is 1. The summed E-state index contributed by atoms with van der Waals surface area (Å²) in [6.07, 6.45) is 10.7. The Labute approximate surface area is 237 Å². The zero-order chi connectivity index (χ0) is 28.7. The molecule has 0 unspecified atom stereocenters. The third-order valence-electron chi connectivity index (χ3n) is 7.42. The fourth-order valence-corrected chi connectivity index (χ4v) is 5.12. The van der Waals surface area contributed by atoms with Gasteiger partial charge >= 0.3 is 5.97 Å². The number of Topliss-reactive ketones (excluding diaryl/α,β-unsaturated/α-hetero) is 1. The molecular formula is C33H43NO6. The van der Waals surface area contributed by atoms with E-state index in [1.54, 1.807) is 54.6 Å². The number of aliphatic hydroxyl groups excluding tert-OH is 2. The summed E-state index contributed by atoms with van der Waals surface area (Å²) in [5.41, 5.74) is 1.18. The van der Waals surface area contributed by atoms with E-state index in [4.69, 9.17) is 4.74 Å². The van der Waals surface area contributed by atoms with Crippen LogP contribution >= 0.6 is 0 Å². The standard InChI is InChI=1S/C33H43NO6/c1-2-3-7-14-26(35)19-22-29-28(30(36)23-31(29)37)15-10-4-5-11-16-32(38)40-27-20-17-25(18-21-27)34-33(39)24-12-8-6-9-13-24/h6,8-9,12-13,17-22,26,28-29,31,35,37H,2-5,7,10-11,14-16,23H2,1H3,(H,34,39)/b22-19+/t26-,28+,29+,31+/m0/s1. The highest BCUT2D eigenvalue weighted by atomic mass is 16.5. The van der Waals surface area contributed by atoms with Crippen molar-refractivity contribution in [2.24, 2.45) is 11.8 Å². The monoisotopic (exact) mass is 549 g/mol. The van der Waals surface area contributed by atoms with Gasteiger partial charge in [-0.05, 0) is 55.7 Å². The average Bonchev–Trinajstić information content (AvgIpc) is 3.22. The molecule has 4 atom stereocenters. The van der Waals surface area contributed by atoms with Crippen molar-refractivity contribution in [1.82, 2.24) is 0 Å². The summed E-state index contributed by atoms with van der Waals surface area (Å²) in [5, 5.41) is 23.3. The summed E-state index contributed by atoms with van der Waals surface area (Å²) >= 11 is 0. The minimum Gasteiger partial charge on any atom is -0.427 e. The molecule has 1 saturated carbocycles. The van der Waals surface area contributed by atoms with Crippen LogP contribution in [0.2, 0.25) is 0 Å². The van der Waals surface area contributed by atoms with Crippen LogP contribution in [0.15, 0.2) is 66.7 Å². The Morgan fingerprint density at radius 3 is 2.45 bits per heavy atom. The maximum Gasteiger partial charge on any atom is 0.311 e.